The molecule has 0 spiro atoms. The van der Waals surface area contributed by atoms with Crippen LogP contribution in [0.2, 0.25) is 0 Å². The number of aryl methyl sites for hydroxylation is 1. The minimum Gasteiger partial charge on any atom is -0.304 e. The van der Waals surface area contributed by atoms with Gasteiger partial charge < -0.3 is 4.57 Å². The van der Waals surface area contributed by atoms with E-state index >= 15 is 0 Å². The molecule has 0 saturated heterocycles. The van der Waals surface area contributed by atoms with Crippen molar-refractivity contribution >= 4 is 16.8 Å². The maximum absolute atomic E-state index is 12.8. The van der Waals surface area contributed by atoms with Crippen LogP contribution in [0.5, 0.6) is 0 Å². The van der Waals surface area contributed by atoms with E-state index < -0.39 is 17.0 Å². The Hall–Kier alpha value is -1.82. The molecule has 0 atom stereocenters. The van der Waals surface area contributed by atoms with Gasteiger partial charge in [-0.1, -0.05) is 0 Å². The first-order chi connectivity index (χ1) is 8.79. The van der Waals surface area contributed by atoms with E-state index in [0.717, 1.165) is 12.1 Å². The predicted molar refractivity (Wildman–Crippen MR) is 63.5 cm³/mol. The quantitative estimate of drug-likeness (QED) is 0.792. The van der Waals surface area contributed by atoms with Gasteiger partial charge in [0, 0.05) is 23.6 Å². The second kappa shape index (κ2) is 4.70. The third-order valence-electron chi connectivity index (χ3n) is 2.58. The van der Waals surface area contributed by atoms with E-state index in [9.17, 15) is 18.0 Å². The molecule has 0 unspecified atom stereocenters. The number of halogens is 4. The molecule has 7 heteroatoms. The minimum absolute atomic E-state index is 0.189. The lowest BCUT2D eigenvalue weighted by Gasteiger charge is -2.12. The van der Waals surface area contributed by atoms with Crippen molar-refractivity contribution in [1.82, 2.24) is 9.55 Å². The average molecular weight is 289 g/mol. The highest BCUT2D eigenvalue weighted by molar-refractivity contribution is 6.67. The SMILES string of the molecule is Cc1nccn1-c1cc(C(=O)Cl)cc(C(F)(F)F)c1. The Kier molecular flexibility index (Phi) is 3.36. The zero-order chi connectivity index (χ0) is 14.2. The largest absolute Gasteiger partial charge is 0.416 e. The van der Waals surface area contributed by atoms with Gasteiger partial charge in [0.15, 0.2) is 0 Å². The first-order valence-electron chi connectivity index (χ1n) is 5.21. The third-order valence-corrected chi connectivity index (χ3v) is 2.79. The number of rotatable bonds is 2. The van der Waals surface area contributed by atoms with E-state index in [4.69, 9.17) is 11.6 Å². The zero-order valence-electron chi connectivity index (χ0n) is 9.70. The lowest BCUT2D eigenvalue weighted by Crippen LogP contribution is -2.09. The smallest absolute Gasteiger partial charge is 0.304 e. The lowest BCUT2D eigenvalue weighted by molar-refractivity contribution is -0.137. The lowest BCUT2D eigenvalue weighted by atomic mass is 10.1. The van der Waals surface area contributed by atoms with Gasteiger partial charge in [0.25, 0.3) is 5.24 Å². The molecule has 2 aromatic rings. The number of imidazole rings is 1. The van der Waals surface area contributed by atoms with Gasteiger partial charge in [0.05, 0.1) is 5.56 Å². The summed E-state index contributed by atoms with van der Waals surface area (Å²) in [6.45, 7) is 1.64. The topological polar surface area (TPSA) is 34.9 Å². The molecule has 0 aliphatic heterocycles. The normalized spacial score (nSPS) is 11.6. The Morgan fingerprint density at radius 3 is 2.47 bits per heavy atom. The number of nitrogens with zero attached hydrogens (tertiary/aromatic N) is 2. The number of aromatic nitrogens is 2. The molecular formula is C12H8ClF3N2O. The molecule has 1 heterocycles. The standard InChI is InChI=1S/C12H8ClF3N2O/c1-7-17-2-3-18(7)10-5-8(11(13)19)4-9(6-10)12(14,15)16/h2-6H,1H3. The Morgan fingerprint density at radius 1 is 1.32 bits per heavy atom. The maximum Gasteiger partial charge on any atom is 0.416 e. The summed E-state index contributed by atoms with van der Waals surface area (Å²) in [5.74, 6) is 0.507. The van der Waals surface area contributed by atoms with Gasteiger partial charge in [-0.25, -0.2) is 4.98 Å². The average Bonchev–Trinajstić information content (AvgIpc) is 2.73. The van der Waals surface area contributed by atoms with E-state index in [1.165, 1.54) is 23.0 Å². The van der Waals surface area contributed by atoms with Gasteiger partial charge in [-0.3, -0.25) is 4.79 Å². The summed E-state index contributed by atoms with van der Waals surface area (Å²) in [7, 11) is 0. The van der Waals surface area contributed by atoms with Crippen molar-refractivity contribution in [1.29, 1.82) is 0 Å². The molecule has 100 valence electrons. The van der Waals surface area contributed by atoms with Crippen molar-refractivity contribution in [3.8, 4) is 5.69 Å². The van der Waals surface area contributed by atoms with Crippen LogP contribution in [0.3, 0.4) is 0 Å². The Balaban J connectivity index is 2.65. The molecule has 0 N–H and O–H groups in total. The van der Waals surface area contributed by atoms with Crippen LogP contribution in [0.15, 0.2) is 30.6 Å². The molecule has 1 aromatic carbocycles. The maximum atomic E-state index is 12.8. The fourth-order valence-electron chi connectivity index (χ4n) is 1.68. The van der Waals surface area contributed by atoms with Crippen LogP contribution in [0, 0.1) is 6.92 Å². The third kappa shape index (κ3) is 2.78. The van der Waals surface area contributed by atoms with E-state index in [1.54, 1.807) is 6.92 Å². The summed E-state index contributed by atoms with van der Waals surface area (Å²) in [6, 6.07) is 2.96. The summed E-state index contributed by atoms with van der Waals surface area (Å²) in [5, 5.41) is -0.940. The fraction of sp³-hybridized carbons (Fsp3) is 0.167. The number of benzene rings is 1. The number of alkyl halides is 3. The Bertz CT molecular complexity index is 634. The fourth-order valence-corrected chi connectivity index (χ4v) is 1.79. The monoisotopic (exact) mass is 288 g/mol. The van der Waals surface area contributed by atoms with Crippen LogP contribution in [-0.4, -0.2) is 14.8 Å². The van der Waals surface area contributed by atoms with Gasteiger partial charge in [0.2, 0.25) is 0 Å². The van der Waals surface area contributed by atoms with Gasteiger partial charge >= 0.3 is 6.18 Å². The van der Waals surface area contributed by atoms with Crippen molar-refractivity contribution in [2.45, 2.75) is 13.1 Å². The zero-order valence-corrected chi connectivity index (χ0v) is 10.5. The van der Waals surface area contributed by atoms with Crippen LogP contribution < -0.4 is 0 Å². The van der Waals surface area contributed by atoms with Gasteiger partial charge in [-0.05, 0) is 36.7 Å². The molecule has 0 amide bonds. The van der Waals surface area contributed by atoms with Crippen LogP contribution in [0.1, 0.15) is 21.7 Å². The highest BCUT2D eigenvalue weighted by atomic mass is 35.5. The molecule has 0 saturated carbocycles. The van der Waals surface area contributed by atoms with Crippen LogP contribution in [0.25, 0.3) is 5.69 Å². The van der Waals surface area contributed by atoms with Crippen molar-refractivity contribution < 1.29 is 18.0 Å². The van der Waals surface area contributed by atoms with Crippen LogP contribution in [-0.2, 0) is 6.18 Å². The highest BCUT2D eigenvalue weighted by Gasteiger charge is 2.32. The molecule has 0 aliphatic carbocycles. The molecule has 0 radical (unpaired) electrons. The van der Waals surface area contributed by atoms with Crippen LogP contribution >= 0.6 is 11.6 Å². The first-order valence-corrected chi connectivity index (χ1v) is 5.59. The van der Waals surface area contributed by atoms with Crippen molar-refractivity contribution in [3.05, 3.63) is 47.5 Å². The Labute approximate surface area is 111 Å². The van der Waals surface area contributed by atoms with Crippen molar-refractivity contribution in [2.24, 2.45) is 0 Å². The molecule has 2 rings (SSSR count). The second-order valence-electron chi connectivity index (χ2n) is 3.88. The number of hydrogen-bond acceptors (Lipinski definition) is 2. The summed E-state index contributed by atoms with van der Waals surface area (Å²) in [5.41, 5.74) is -0.949. The Morgan fingerprint density at radius 2 is 2.00 bits per heavy atom. The number of hydrogen-bond donors (Lipinski definition) is 0. The van der Waals surface area contributed by atoms with Crippen molar-refractivity contribution in [3.63, 3.8) is 0 Å². The molecular weight excluding hydrogens is 281 g/mol. The molecule has 0 fully saturated rings. The minimum atomic E-state index is -4.55. The molecule has 19 heavy (non-hydrogen) atoms. The molecule has 0 aliphatic rings. The predicted octanol–water partition coefficient (Wildman–Crippen LogP) is 3.58. The van der Waals surface area contributed by atoms with E-state index in [-0.39, 0.29) is 11.3 Å². The summed E-state index contributed by atoms with van der Waals surface area (Å²) >= 11 is 5.27. The summed E-state index contributed by atoms with van der Waals surface area (Å²) in [4.78, 5) is 15.0. The highest BCUT2D eigenvalue weighted by Crippen LogP contribution is 2.32. The first kappa shape index (κ1) is 13.6. The van der Waals surface area contributed by atoms with E-state index in [1.807, 2.05) is 0 Å². The second-order valence-corrected chi connectivity index (χ2v) is 4.23. The summed E-state index contributed by atoms with van der Waals surface area (Å²) < 4.78 is 39.8. The van der Waals surface area contributed by atoms with Gasteiger partial charge in [0.1, 0.15) is 5.82 Å². The van der Waals surface area contributed by atoms with Crippen LogP contribution in [0.4, 0.5) is 13.2 Å². The van der Waals surface area contributed by atoms with Gasteiger partial charge in [-0.15, -0.1) is 0 Å². The number of carbonyl (C=O) groups is 1. The number of carbonyl (C=O) groups excluding carboxylic acids is 1. The van der Waals surface area contributed by atoms with Crippen molar-refractivity contribution in [2.75, 3.05) is 0 Å². The summed E-state index contributed by atoms with van der Waals surface area (Å²) in [6.07, 6.45) is -1.59. The molecule has 1 aromatic heterocycles. The van der Waals surface area contributed by atoms with E-state index in [2.05, 4.69) is 4.98 Å². The van der Waals surface area contributed by atoms with E-state index in [0.29, 0.717) is 5.82 Å². The molecule has 3 nitrogen and oxygen atoms in total. The van der Waals surface area contributed by atoms with Gasteiger partial charge in [-0.2, -0.15) is 13.2 Å². The molecule has 0 bridgehead atoms.